The van der Waals surface area contributed by atoms with E-state index in [4.69, 9.17) is 9.15 Å². The molecule has 7 nitrogen and oxygen atoms in total. The standard InChI is InChI=1S/C16H24N2O5S/c1-22-11-14-9-16(12-18(14)24(2,20)21)4-6-17(7-5-16)15(19)13-3-8-23-10-13/h3,8,10,14H,4-7,9,11-12H2,1-2H3. The third-order valence-electron chi connectivity index (χ3n) is 5.23. The van der Waals surface area contributed by atoms with E-state index in [1.165, 1.54) is 18.8 Å². The number of hydrogen-bond acceptors (Lipinski definition) is 5. The molecule has 1 unspecified atom stereocenters. The van der Waals surface area contributed by atoms with Gasteiger partial charge in [-0.15, -0.1) is 0 Å². The predicted octanol–water partition coefficient (Wildman–Crippen LogP) is 1.18. The van der Waals surface area contributed by atoms with Crippen LogP contribution < -0.4 is 0 Å². The molecule has 0 saturated carbocycles. The number of ether oxygens (including phenoxy) is 1. The highest BCUT2D eigenvalue weighted by atomic mass is 32.2. The Hall–Kier alpha value is -1.38. The molecule has 3 heterocycles. The Kier molecular flexibility index (Phi) is 4.72. The third-order valence-corrected chi connectivity index (χ3v) is 6.51. The summed E-state index contributed by atoms with van der Waals surface area (Å²) < 4.78 is 35.9. The summed E-state index contributed by atoms with van der Waals surface area (Å²) in [7, 11) is -1.66. The van der Waals surface area contributed by atoms with Crippen molar-refractivity contribution in [3.8, 4) is 0 Å². The van der Waals surface area contributed by atoms with E-state index in [1.54, 1.807) is 17.5 Å². The summed E-state index contributed by atoms with van der Waals surface area (Å²) in [6.45, 7) is 2.21. The average molecular weight is 356 g/mol. The molecule has 1 spiro atoms. The molecule has 1 amide bonds. The predicted molar refractivity (Wildman–Crippen MR) is 88.1 cm³/mol. The quantitative estimate of drug-likeness (QED) is 0.809. The van der Waals surface area contributed by atoms with Gasteiger partial charge in [-0.1, -0.05) is 0 Å². The van der Waals surface area contributed by atoms with Crippen LogP contribution in [0.1, 0.15) is 29.6 Å². The van der Waals surface area contributed by atoms with E-state index in [2.05, 4.69) is 0 Å². The van der Waals surface area contributed by atoms with Crippen LogP contribution in [0.15, 0.2) is 23.0 Å². The number of furan rings is 1. The van der Waals surface area contributed by atoms with E-state index < -0.39 is 10.0 Å². The molecule has 24 heavy (non-hydrogen) atoms. The van der Waals surface area contributed by atoms with Gasteiger partial charge in [-0.25, -0.2) is 8.42 Å². The average Bonchev–Trinajstić information content (AvgIpc) is 3.16. The maximum Gasteiger partial charge on any atom is 0.257 e. The number of sulfonamides is 1. The highest BCUT2D eigenvalue weighted by Gasteiger charge is 2.48. The van der Waals surface area contributed by atoms with Crippen LogP contribution in [0.2, 0.25) is 0 Å². The molecule has 1 atom stereocenters. The van der Waals surface area contributed by atoms with Gasteiger partial charge in [0.2, 0.25) is 10.0 Å². The van der Waals surface area contributed by atoms with Gasteiger partial charge in [-0.2, -0.15) is 4.31 Å². The molecule has 2 aliphatic rings. The summed E-state index contributed by atoms with van der Waals surface area (Å²) in [5.41, 5.74) is 0.506. The summed E-state index contributed by atoms with van der Waals surface area (Å²) in [5.74, 6) is -0.0231. The van der Waals surface area contributed by atoms with Crippen molar-refractivity contribution in [3.05, 3.63) is 24.2 Å². The van der Waals surface area contributed by atoms with Crippen LogP contribution >= 0.6 is 0 Å². The summed E-state index contributed by atoms with van der Waals surface area (Å²) in [4.78, 5) is 14.2. The smallest absolute Gasteiger partial charge is 0.257 e. The maximum absolute atomic E-state index is 12.4. The number of hydrogen-bond donors (Lipinski definition) is 0. The molecular formula is C16H24N2O5S. The number of methoxy groups -OCH3 is 1. The molecule has 0 radical (unpaired) electrons. The van der Waals surface area contributed by atoms with Crippen LogP contribution in [0.25, 0.3) is 0 Å². The lowest BCUT2D eigenvalue weighted by Crippen LogP contribution is -2.44. The van der Waals surface area contributed by atoms with Gasteiger partial charge in [0.1, 0.15) is 6.26 Å². The van der Waals surface area contributed by atoms with E-state index in [0.717, 1.165) is 19.3 Å². The maximum atomic E-state index is 12.4. The molecule has 3 rings (SSSR count). The topological polar surface area (TPSA) is 80.1 Å². The number of carbonyl (C=O) groups excluding carboxylic acids is 1. The second kappa shape index (κ2) is 6.50. The fourth-order valence-corrected chi connectivity index (χ4v) is 5.15. The Morgan fingerprint density at radius 3 is 2.67 bits per heavy atom. The zero-order valence-electron chi connectivity index (χ0n) is 14.1. The zero-order valence-corrected chi connectivity index (χ0v) is 14.9. The highest BCUT2D eigenvalue weighted by molar-refractivity contribution is 7.88. The first-order valence-electron chi connectivity index (χ1n) is 8.12. The van der Waals surface area contributed by atoms with Crippen molar-refractivity contribution in [1.29, 1.82) is 0 Å². The molecule has 1 aromatic rings. The molecule has 0 aromatic carbocycles. The summed E-state index contributed by atoms with van der Waals surface area (Å²) in [6.07, 6.45) is 6.62. The lowest BCUT2D eigenvalue weighted by Gasteiger charge is -2.39. The Morgan fingerprint density at radius 1 is 1.42 bits per heavy atom. The second-order valence-corrected chi connectivity index (χ2v) is 8.86. The van der Waals surface area contributed by atoms with E-state index in [-0.39, 0.29) is 17.4 Å². The van der Waals surface area contributed by atoms with Gasteiger partial charge in [0.15, 0.2) is 0 Å². The number of rotatable bonds is 4. The minimum atomic E-state index is -3.25. The minimum absolute atomic E-state index is 0.0231. The van der Waals surface area contributed by atoms with E-state index >= 15 is 0 Å². The third kappa shape index (κ3) is 3.36. The molecule has 0 N–H and O–H groups in total. The SMILES string of the molecule is COCC1CC2(CCN(C(=O)c3ccoc3)CC2)CN1S(C)(=O)=O. The molecule has 2 saturated heterocycles. The number of amides is 1. The van der Waals surface area contributed by atoms with Gasteiger partial charge in [0.25, 0.3) is 5.91 Å². The van der Waals surface area contributed by atoms with Crippen LogP contribution in [0.3, 0.4) is 0 Å². The van der Waals surface area contributed by atoms with Crippen molar-refractivity contribution in [2.45, 2.75) is 25.3 Å². The van der Waals surface area contributed by atoms with Crippen LogP contribution in [-0.2, 0) is 14.8 Å². The van der Waals surface area contributed by atoms with Crippen molar-refractivity contribution in [2.75, 3.05) is 39.6 Å². The van der Waals surface area contributed by atoms with E-state index in [0.29, 0.717) is 31.8 Å². The summed E-state index contributed by atoms with van der Waals surface area (Å²) in [5, 5.41) is 0. The molecule has 2 aliphatic heterocycles. The monoisotopic (exact) mass is 356 g/mol. The van der Waals surface area contributed by atoms with Crippen molar-refractivity contribution >= 4 is 15.9 Å². The number of piperidine rings is 1. The van der Waals surface area contributed by atoms with Gasteiger partial charge in [-0.3, -0.25) is 4.79 Å². The van der Waals surface area contributed by atoms with Gasteiger partial charge in [-0.05, 0) is 30.7 Å². The van der Waals surface area contributed by atoms with Gasteiger partial charge < -0.3 is 14.1 Å². The van der Waals surface area contributed by atoms with Crippen LogP contribution in [0, 0.1) is 5.41 Å². The molecule has 0 aliphatic carbocycles. The van der Waals surface area contributed by atoms with Crippen molar-refractivity contribution < 1.29 is 22.4 Å². The Bertz CT molecular complexity index is 677. The lowest BCUT2D eigenvalue weighted by molar-refractivity contribution is 0.0594. The van der Waals surface area contributed by atoms with Gasteiger partial charge in [0.05, 0.1) is 24.7 Å². The van der Waals surface area contributed by atoms with Crippen molar-refractivity contribution in [1.82, 2.24) is 9.21 Å². The Balaban J connectivity index is 1.68. The first kappa shape index (κ1) is 17.4. The second-order valence-electron chi connectivity index (χ2n) is 6.93. The van der Waals surface area contributed by atoms with Crippen LogP contribution in [0.5, 0.6) is 0 Å². The zero-order chi connectivity index (χ0) is 17.4. The fourth-order valence-electron chi connectivity index (χ4n) is 3.96. The molecule has 0 bridgehead atoms. The molecular weight excluding hydrogens is 332 g/mol. The summed E-state index contributed by atoms with van der Waals surface area (Å²) in [6, 6.07) is 1.56. The van der Waals surface area contributed by atoms with Crippen LogP contribution in [0.4, 0.5) is 0 Å². The van der Waals surface area contributed by atoms with Gasteiger partial charge >= 0.3 is 0 Å². The van der Waals surface area contributed by atoms with Crippen LogP contribution in [-0.4, -0.2) is 69.2 Å². The first-order valence-corrected chi connectivity index (χ1v) is 9.97. The Morgan fingerprint density at radius 2 is 2.12 bits per heavy atom. The minimum Gasteiger partial charge on any atom is -0.472 e. The van der Waals surface area contributed by atoms with Crippen molar-refractivity contribution in [3.63, 3.8) is 0 Å². The first-order chi connectivity index (χ1) is 11.3. The van der Waals surface area contributed by atoms with E-state index in [9.17, 15) is 13.2 Å². The largest absolute Gasteiger partial charge is 0.472 e. The Labute approximate surface area is 142 Å². The normalized spacial score (nSPS) is 24.6. The molecule has 134 valence electrons. The highest BCUT2D eigenvalue weighted by Crippen LogP contribution is 2.44. The lowest BCUT2D eigenvalue weighted by atomic mass is 9.76. The molecule has 8 heteroatoms. The number of likely N-dealkylation sites (tertiary alicyclic amines) is 1. The molecule has 2 fully saturated rings. The fraction of sp³-hybridized carbons (Fsp3) is 0.688. The summed E-state index contributed by atoms with van der Waals surface area (Å²) >= 11 is 0. The number of nitrogens with zero attached hydrogens (tertiary/aromatic N) is 2. The molecule has 1 aromatic heterocycles. The van der Waals surface area contributed by atoms with Gasteiger partial charge in [0, 0.05) is 32.8 Å². The number of carbonyl (C=O) groups is 1. The van der Waals surface area contributed by atoms with E-state index in [1.807, 2.05) is 4.90 Å². The van der Waals surface area contributed by atoms with Crippen molar-refractivity contribution in [2.24, 2.45) is 5.41 Å².